The summed E-state index contributed by atoms with van der Waals surface area (Å²) in [7, 11) is -3.28. The van der Waals surface area contributed by atoms with Crippen molar-refractivity contribution in [2.24, 2.45) is 5.41 Å². The van der Waals surface area contributed by atoms with Crippen LogP contribution in [0.4, 0.5) is 0 Å². The Morgan fingerprint density at radius 1 is 1.35 bits per heavy atom. The van der Waals surface area contributed by atoms with Crippen molar-refractivity contribution in [3.05, 3.63) is 29.8 Å². The van der Waals surface area contributed by atoms with E-state index in [1.807, 2.05) is 13.0 Å². The van der Waals surface area contributed by atoms with Gasteiger partial charge in [-0.3, -0.25) is 0 Å². The molecule has 17 heavy (non-hydrogen) atoms. The van der Waals surface area contributed by atoms with Crippen LogP contribution in [-0.4, -0.2) is 14.2 Å². The summed E-state index contributed by atoms with van der Waals surface area (Å²) in [4.78, 5) is 0.339. The number of hydrogen-bond acceptors (Lipinski definition) is 3. The van der Waals surface area contributed by atoms with E-state index in [1.165, 1.54) is 0 Å². The molecule has 0 radical (unpaired) electrons. The lowest BCUT2D eigenvalue weighted by Crippen LogP contribution is -2.16. The zero-order valence-electron chi connectivity index (χ0n) is 10.4. The van der Waals surface area contributed by atoms with Crippen molar-refractivity contribution in [2.45, 2.75) is 32.1 Å². The number of aryl methyl sites for hydroxylation is 1. The SMILES string of the molecule is Cc1cccc(S(=O)(=O)CCC(C)(C)C#N)c1. The van der Waals surface area contributed by atoms with E-state index in [-0.39, 0.29) is 5.75 Å². The van der Waals surface area contributed by atoms with Gasteiger partial charge in [-0.05, 0) is 44.9 Å². The highest BCUT2D eigenvalue weighted by Gasteiger charge is 2.22. The molecule has 0 saturated carbocycles. The first kappa shape index (κ1) is 13.7. The van der Waals surface area contributed by atoms with Crippen LogP contribution < -0.4 is 0 Å². The molecule has 0 unspecified atom stereocenters. The van der Waals surface area contributed by atoms with E-state index in [4.69, 9.17) is 5.26 Å². The first-order valence-corrected chi connectivity index (χ1v) is 7.13. The van der Waals surface area contributed by atoms with Crippen LogP contribution in [0, 0.1) is 23.7 Å². The van der Waals surface area contributed by atoms with Crippen molar-refractivity contribution in [3.63, 3.8) is 0 Å². The second-order valence-corrected chi connectivity index (χ2v) is 6.99. The first-order valence-electron chi connectivity index (χ1n) is 5.47. The normalized spacial score (nSPS) is 12.1. The summed E-state index contributed by atoms with van der Waals surface area (Å²) in [6.07, 6.45) is 0.347. The minimum absolute atomic E-state index is 0.0109. The molecule has 1 aromatic carbocycles. The van der Waals surface area contributed by atoms with Crippen LogP contribution in [0.5, 0.6) is 0 Å². The molecule has 0 aliphatic rings. The molecule has 0 aliphatic heterocycles. The molecule has 0 N–H and O–H groups in total. The Hall–Kier alpha value is -1.34. The molecular formula is C13H17NO2S. The largest absolute Gasteiger partial charge is 0.224 e. The monoisotopic (exact) mass is 251 g/mol. The van der Waals surface area contributed by atoms with Crippen molar-refractivity contribution >= 4 is 9.84 Å². The second kappa shape index (κ2) is 4.89. The van der Waals surface area contributed by atoms with Crippen LogP contribution in [0.2, 0.25) is 0 Å². The molecule has 1 rings (SSSR count). The van der Waals surface area contributed by atoms with E-state index < -0.39 is 15.3 Å². The van der Waals surface area contributed by atoms with Gasteiger partial charge in [0.05, 0.1) is 22.1 Å². The van der Waals surface area contributed by atoms with Gasteiger partial charge in [-0.15, -0.1) is 0 Å². The Bertz CT molecular complexity index is 539. The number of nitrogens with zero attached hydrogens (tertiary/aromatic N) is 1. The number of nitriles is 1. The average molecular weight is 251 g/mol. The van der Waals surface area contributed by atoms with Crippen LogP contribution in [0.25, 0.3) is 0 Å². The van der Waals surface area contributed by atoms with Gasteiger partial charge in [0, 0.05) is 0 Å². The number of hydrogen-bond donors (Lipinski definition) is 0. The summed E-state index contributed by atoms with van der Waals surface area (Å²) in [5.74, 6) is 0.0109. The Labute approximate surface area is 103 Å². The fourth-order valence-electron chi connectivity index (χ4n) is 1.37. The molecule has 4 heteroatoms. The lowest BCUT2D eigenvalue weighted by atomic mass is 9.93. The van der Waals surface area contributed by atoms with E-state index in [0.717, 1.165) is 5.56 Å². The number of sulfone groups is 1. The summed E-state index contributed by atoms with van der Waals surface area (Å²) in [5.41, 5.74) is 0.322. The fourth-order valence-corrected chi connectivity index (χ4v) is 3.04. The summed E-state index contributed by atoms with van der Waals surface area (Å²) in [6.45, 7) is 5.36. The minimum atomic E-state index is -3.28. The molecule has 0 aliphatic carbocycles. The molecule has 0 amide bonds. The van der Waals surface area contributed by atoms with Crippen LogP contribution in [0.3, 0.4) is 0 Å². The molecule has 0 bridgehead atoms. The van der Waals surface area contributed by atoms with E-state index in [9.17, 15) is 8.42 Å². The maximum Gasteiger partial charge on any atom is 0.178 e. The number of benzene rings is 1. The van der Waals surface area contributed by atoms with Gasteiger partial charge < -0.3 is 0 Å². The molecule has 0 fully saturated rings. The van der Waals surface area contributed by atoms with Crippen molar-refractivity contribution in [2.75, 3.05) is 5.75 Å². The van der Waals surface area contributed by atoms with E-state index >= 15 is 0 Å². The molecule has 3 nitrogen and oxygen atoms in total. The summed E-state index contributed by atoms with van der Waals surface area (Å²) in [5, 5.41) is 8.86. The standard InChI is InChI=1S/C13H17NO2S/c1-11-5-4-6-12(9-11)17(15,16)8-7-13(2,3)10-14/h4-6,9H,7-8H2,1-3H3. The van der Waals surface area contributed by atoms with Gasteiger partial charge in [-0.1, -0.05) is 12.1 Å². The zero-order chi connectivity index (χ0) is 13.1. The molecule has 0 saturated heterocycles. The van der Waals surface area contributed by atoms with Gasteiger partial charge in [0.1, 0.15) is 0 Å². The van der Waals surface area contributed by atoms with Gasteiger partial charge in [-0.25, -0.2) is 8.42 Å². The maximum atomic E-state index is 12.0. The van der Waals surface area contributed by atoms with Gasteiger partial charge in [0.2, 0.25) is 0 Å². The molecular weight excluding hydrogens is 234 g/mol. The Morgan fingerprint density at radius 3 is 2.53 bits per heavy atom. The third kappa shape index (κ3) is 3.86. The van der Waals surface area contributed by atoms with Gasteiger partial charge >= 0.3 is 0 Å². The Balaban J connectivity index is 2.88. The quantitative estimate of drug-likeness (QED) is 0.826. The third-order valence-electron chi connectivity index (χ3n) is 2.65. The second-order valence-electron chi connectivity index (χ2n) is 4.88. The Morgan fingerprint density at radius 2 is 2.00 bits per heavy atom. The van der Waals surface area contributed by atoms with Crippen LogP contribution in [-0.2, 0) is 9.84 Å². The smallest absolute Gasteiger partial charge is 0.178 e. The third-order valence-corrected chi connectivity index (χ3v) is 4.36. The van der Waals surface area contributed by atoms with E-state index in [0.29, 0.717) is 11.3 Å². The predicted molar refractivity (Wildman–Crippen MR) is 67.2 cm³/mol. The fraction of sp³-hybridized carbons (Fsp3) is 0.462. The van der Waals surface area contributed by atoms with E-state index in [2.05, 4.69) is 6.07 Å². The summed E-state index contributed by atoms with van der Waals surface area (Å²) >= 11 is 0. The molecule has 0 spiro atoms. The van der Waals surface area contributed by atoms with Gasteiger partial charge in [0.25, 0.3) is 0 Å². The van der Waals surface area contributed by atoms with Gasteiger partial charge in [0.15, 0.2) is 9.84 Å². The van der Waals surface area contributed by atoms with Gasteiger partial charge in [-0.2, -0.15) is 5.26 Å². The topological polar surface area (TPSA) is 57.9 Å². The predicted octanol–water partition coefficient (Wildman–Crippen LogP) is 2.71. The van der Waals surface area contributed by atoms with Crippen molar-refractivity contribution < 1.29 is 8.42 Å². The van der Waals surface area contributed by atoms with Crippen LogP contribution in [0.1, 0.15) is 25.8 Å². The first-order chi connectivity index (χ1) is 7.77. The molecule has 0 atom stereocenters. The molecule has 1 aromatic rings. The number of rotatable bonds is 4. The summed E-state index contributed by atoms with van der Waals surface area (Å²) < 4.78 is 24.1. The molecule has 0 aromatic heterocycles. The van der Waals surface area contributed by atoms with Crippen LogP contribution >= 0.6 is 0 Å². The average Bonchev–Trinajstić information content (AvgIpc) is 2.27. The molecule has 92 valence electrons. The van der Waals surface area contributed by atoms with Crippen molar-refractivity contribution in [3.8, 4) is 6.07 Å². The maximum absolute atomic E-state index is 12.0. The molecule has 0 heterocycles. The van der Waals surface area contributed by atoms with Crippen LogP contribution in [0.15, 0.2) is 29.2 Å². The highest BCUT2D eigenvalue weighted by atomic mass is 32.2. The lowest BCUT2D eigenvalue weighted by Gasteiger charge is -2.14. The summed E-state index contributed by atoms with van der Waals surface area (Å²) in [6, 6.07) is 8.97. The zero-order valence-corrected chi connectivity index (χ0v) is 11.2. The highest BCUT2D eigenvalue weighted by Crippen LogP contribution is 2.22. The minimum Gasteiger partial charge on any atom is -0.224 e. The van der Waals surface area contributed by atoms with Crippen molar-refractivity contribution in [1.29, 1.82) is 5.26 Å². The lowest BCUT2D eigenvalue weighted by molar-refractivity contribution is 0.473. The highest BCUT2D eigenvalue weighted by molar-refractivity contribution is 7.91. The Kier molecular flexibility index (Phi) is 3.94. The van der Waals surface area contributed by atoms with E-state index in [1.54, 1.807) is 32.0 Å². The van der Waals surface area contributed by atoms with Crippen molar-refractivity contribution in [1.82, 2.24) is 0 Å².